The summed E-state index contributed by atoms with van der Waals surface area (Å²) < 4.78 is 20.0. The Morgan fingerprint density at radius 3 is 2.67 bits per heavy atom. The Bertz CT molecular complexity index is 746. The fourth-order valence-corrected chi connectivity index (χ4v) is 2.73. The van der Waals surface area contributed by atoms with Gasteiger partial charge in [-0.25, -0.2) is 4.39 Å². The van der Waals surface area contributed by atoms with Crippen molar-refractivity contribution in [1.29, 1.82) is 0 Å². The van der Waals surface area contributed by atoms with Gasteiger partial charge in [-0.3, -0.25) is 4.79 Å². The van der Waals surface area contributed by atoms with Crippen molar-refractivity contribution in [1.82, 2.24) is 0 Å². The molecule has 0 unspecified atom stereocenters. The number of benzene rings is 2. The summed E-state index contributed by atoms with van der Waals surface area (Å²) >= 11 is 1.04. The molecule has 0 atom stereocenters. The highest BCUT2D eigenvalue weighted by Gasteiger charge is 2.13. The molecule has 1 N–H and O–H groups in total. The lowest BCUT2D eigenvalue weighted by atomic mass is 10.0. The number of thioether (sulfide) groups is 1. The van der Waals surface area contributed by atoms with E-state index in [1.807, 2.05) is 19.9 Å². The highest BCUT2D eigenvalue weighted by molar-refractivity contribution is 8.13. The summed E-state index contributed by atoms with van der Waals surface area (Å²) in [6.45, 7) is 6.19. The molecule has 0 fully saturated rings. The van der Waals surface area contributed by atoms with Crippen molar-refractivity contribution in [3.05, 3.63) is 58.4 Å². The van der Waals surface area contributed by atoms with E-state index in [1.54, 1.807) is 18.4 Å². The maximum absolute atomic E-state index is 14.2. The standard InChI is InChI=1S/C19H22FNO2S/c1-5-14-9-13(3)18(10-12(14)2)23-11-15-16(20)7-6-8-17(15)21-19(22)24-4/h6-10H,5,11H2,1-4H3,(H,21,22). The number of hydrogen-bond acceptors (Lipinski definition) is 3. The molecule has 0 radical (unpaired) electrons. The third kappa shape index (κ3) is 4.29. The highest BCUT2D eigenvalue weighted by Crippen LogP contribution is 2.27. The third-order valence-corrected chi connectivity index (χ3v) is 4.40. The maximum atomic E-state index is 14.2. The van der Waals surface area contributed by atoms with Crippen LogP contribution in [0.25, 0.3) is 0 Å². The Balaban J connectivity index is 2.23. The summed E-state index contributed by atoms with van der Waals surface area (Å²) in [6, 6.07) is 8.69. The first-order chi connectivity index (χ1) is 11.5. The highest BCUT2D eigenvalue weighted by atomic mass is 32.2. The fourth-order valence-electron chi connectivity index (χ4n) is 2.52. The van der Waals surface area contributed by atoms with Gasteiger partial charge in [-0.1, -0.05) is 30.8 Å². The largest absolute Gasteiger partial charge is 0.488 e. The van der Waals surface area contributed by atoms with E-state index in [1.165, 1.54) is 11.6 Å². The molecule has 2 aromatic carbocycles. The normalized spacial score (nSPS) is 10.5. The Kier molecular flexibility index (Phi) is 6.26. The Morgan fingerprint density at radius 1 is 1.25 bits per heavy atom. The number of nitrogens with one attached hydrogen (secondary N) is 1. The van der Waals surface area contributed by atoms with Crippen molar-refractivity contribution in [2.45, 2.75) is 33.8 Å². The summed E-state index contributed by atoms with van der Waals surface area (Å²) in [4.78, 5) is 11.6. The van der Waals surface area contributed by atoms with Gasteiger partial charge in [-0.15, -0.1) is 0 Å². The van der Waals surface area contributed by atoms with E-state index in [4.69, 9.17) is 4.74 Å². The fraction of sp³-hybridized carbons (Fsp3) is 0.316. The molecule has 0 saturated carbocycles. The van der Waals surface area contributed by atoms with Crippen molar-refractivity contribution in [3.8, 4) is 5.75 Å². The predicted octanol–water partition coefficient (Wildman–Crippen LogP) is 5.48. The van der Waals surface area contributed by atoms with E-state index in [9.17, 15) is 9.18 Å². The smallest absolute Gasteiger partial charge is 0.283 e. The van der Waals surface area contributed by atoms with Crippen LogP contribution in [0, 0.1) is 19.7 Å². The van der Waals surface area contributed by atoms with Crippen LogP contribution in [-0.2, 0) is 13.0 Å². The average molecular weight is 347 g/mol. The van der Waals surface area contributed by atoms with Crippen molar-refractivity contribution in [3.63, 3.8) is 0 Å². The number of ether oxygens (including phenoxy) is 1. The van der Waals surface area contributed by atoms with E-state index in [2.05, 4.69) is 18.3 Å². The summed E-state index contributed by atoms with van der Waals surface area (Å²) in [6.07, 6.45) is 2.64. The van der Waals surface area contributed by atoms with Gasteiger partial charge in [-0.2, -0.15) is 0 Å². The van der Waals surface area contributed by atoms with Gasteiger partial charge in [0.1, 0.15) is 18.2 Å². The van der Waals surface area contributed by atoms with Crippen LogP contribution in [0.1, 0.15) is 29.2 Å². The second kappa shape index (κ2) is 8.20. The Labute approximate surface area is 146 Å². The van der Waals surface area contributed by atoms with Crippen LogP contribution in [-0.4, -0.2) is 11.5 Å². The molecule has 3 nitrogen and oxygen atoms in total. The lowest BCUT2D eigenvalue weighted by Crippen LogP contribution is -2.10. The molecular formula is C19H22FNO2S. The molecule has 0 aliphatic rings. The number of hydrogen-bond donors (Lipinski definition) is 1. The van der Waals surface area contributed by atoms with E-state index in [0.29, 0.717) is 11.3 Å². The van der Waals surface area contributed by atoms with Crippen LogP contribution in [0.15, 0.2) is 30.3 Å². The van der Waals surface area contributed by atoms with Gasteiger partial charge in [0.15, 0.2) is 0 Å². The predicted molar refractivity (Wildman–Crippen MR) is 98.6 cm³/mol. The van der Waals surface area contributed by atoms with Crippen molar-refractivity contribution in [2.75, 3.05) is 11.6 Å². The van der Waals surface area contributed by atoms with Gasteiger partial charge in [0.2, 0.25) is 0 Å². The minimum Gasteiger partial charge on any atom is -0.488 e. The minimum atomic E-state index is -0.395. The lowest BCUT2D eigenvalue weighted by Gasteiger charge is -2.15. The van der Waals surface area contributed by atoms with Gasteiger partial charge in [0, 0.05) is 5.56 Å². The second-order valence-electron chi connectivity index (χ2n) is 5.57. The molecule has 5 heteroatoms. The molecule has 1 amide bonds. The maximum Gasteiger partial charge on any atom is 0.283 e. The number of rotatable bonds is 5. The monoisotopic (exact) mass is 347 g/mol. The summed E-state index contributed by atoms with van der Waals surface area (Å²) in [5, 5.41) is 2.45. The molecule has 0 aliphatic carbocycles. The van der Waals surface area contributed by atoms with Crippen LogP contribution in [0.2, 0.25) is 0 Å². The number of aryl methyl sites for hydroxylation is 3. The van der Waals surface area contributed by atoms with Crippen LogP contribution in [0.3, 0.4) is 0 Å². The number of carbonyl (C=O) groups is 1. The quantitative estimate of drug-likeness (QED) is 0.778. The SMILES string of the molecule is CCc1cc(C)c(OCc2c(F)cccc2NC(=O)SC)cc1C. The molecule has 0 aliphatic heterocycles. The second-order valence-corrected chi connectivity index (χ2v) is 6.35. The summed E-state index contributed by atoms with van der Waals surface area (Å²) in [5.74, 6) is 0.337. The molecule has 0 aromatic heterocycles. The third-order valence-electron chi connectivity index (χ3n) is 3.93. The first-order valence-electron chi connectivity index (χ1n) is 7.81. The van der Waals surface area contributed by atoms with Gasteiger partial charge in [-0.05, 0) is 61.4 Å². The number of halogens is 1. The van der Waals surface area contributed by atoms with Crippen LogP contribution in [0.4, 0.5) is 14.9 Å². The zero-order valence-electron chi connectivity index (χ0n) is 14.4. The van der Waals surface area contributed by atoms with E-state index in [-0.39, 0.29) is 11.8 Å². The molecular weight excluding hydrogens is 325 g/mol. The van der Waals surface area contributed by atoms with Gasteiger partial charge in [0.25, 0.3) is 5.24 Å². The van der Waals surface area contributed by atoms with Crippen LogP contribution < -0.4 is 10.1 Å². The minimum absolute atomic E-state index is 0.0580. The van der Waals surface area contributed by atoms with E-state index < -0.39 is 5.82 Å². The van der Waals surface area contributed by atoms with Crippen LogP contribution in [0.5, 0.6) is 5.75 Å². The molecule has 0 heterocycles. The number of anilines is 1. The summed E-state index contributed by atoms with van der Waals surface area (Å²) in [7, 11) is 0. The lowest BCUT2D eigenvalue weighted by molar-refractivity contribution is 0.269. The van der Waals surface area contributed by atoms with Gasteiger partial charge >= 0.3 is 0 Å². The molecule has 2 aromatic rings. The average Bonchev–Trinajstić information content (AvgIpc) is 2.56. The topological polar surface area (TPSA) is 38.3 Å². The first kappa shape index (κ1) is 18.3. The zero-order valence-corrected chi connectivity index (χ0v) is 15.2. The molecule has 2 rings (SSSR count). The van der Waals surface area contributed by atoms with Crippen molar-refractivity contribution < 1.29 is 13.9 Å². The molecule has 0 bridgehead atoms. The van der Waals surface area contributed by atoms with Crippen molar-refractivity contribution in [2.24, 2.45) is 0 Å². The summed E-state index contributed by atoms with van der Waals surface area (Å²) in [5.41, 5.74) is 4.23. The van der Waals surface area contributed by atoms with Crippen molar-refractivity contribution >= 4 is 22.7 Å². The number of amides is 1. The molecule has 24 heavy (non-hydrogen) atoms. The Morgan fingerprint density at radius 2 is 2.00 bits per heavy atom. The molecule has 0 spiro atoms. The Hall–Kier alpha value is -2.01. The zero-order chi connectivity index (χ0) is 17.7. The van der Waals surface area contributed by atoms with Gasteiger partial charge < -0.3 is 10.1 Å². The number of carbonyl (C=O) groups excluding carboxylic acids is 1. The molecule has 0 saturated heterocycles. The molecule has 128 valence electrons. The first-order valence-corrected chi connectivity index (χ1v) is 9.04. The van der Waals surface area contributed by atoms with Gasteiger partial charge in [0.05, 0.1) is 5.69 Å². The van der Waals surface area contributed by atoms with E-state index in [0.717, 1.165) is 35.1 Å². The van der Waals surface area contributed by atoms with Crippen LogP contribution >= 0.6 is 11.8 Å². The van der Waals surface area contributed by atoms with E-state index >= 15 is 0 Å².